The highest BCUT2D eigenvalue weighted by atomic mass is 16.5. The molecule has 0 heterocycles. The third kappa shape index (κ3) is 12.4. The summed E-state index contributed by atoms with van der Waals surface area (Å²) in [5.74, 6) is 0. The van der Waals surface area contributed by atoms with Crippen molar-refractivity contribution in [1.29, 1.82) is 0 Å². The standard InChI is InChI=1S/C16H34O2/c1-15(2,3)10-6-8-12-18-13-9-7-11-16(4,5)14-17/h17H,6-14H2,1-5H3. The first-order chi connectivity index (χ1) is 8.27. The van der Waals surface area contributed by atoms with Gasteiger partial charge in [-0.15, -0.1) is 0 Å². The number of ether oxygens (including phenoxy) is 1. The normalized spacial score (nSPS) is 13.0. The zero-order valence-electron chi connectivity index (χ0n) is 13.2. The molecule has 0 atom stereocenters. The lowest BCUT2D eigenvalue weighted by atomic mass is 9.88. The monoisotopic (exact) mass is 258 g/mol. The number of hydrogen-bond donors (Lipinski definition) is 1. The van der Waals surface area contributed by atoms with E-state index >= 15 is 0 Å². The highest BCUT2D eigenvalue weighted by Crippen LogP contribution is 2.22. The molecule has 2 nitrogen and oxygen atoms in total. The minimum atomic E-state index is 0.0761. The molecule has 0 aliphatic heterocycles. The third-order valence-corrected chi connectivity index (χ3v) is 3.29. The average Bonchev–Trinajstić information content (AvgIpc) is 2.25. The van der Waals surface area contributed by atoms with Gasteiger partial charge in [-0.1, -0.05) is 47.5 Å². The Balaban J connectivity index is 3.22. The molecule has 0 bridgehead atoms. The minimum Gasteiger partial charge on any atom is -0.396 e. The molecule has 1 N–H and O–H groups in total. The first-order valence-electron chi connectivity index (χ1n) is 7.45. The first kappa shape index (κ1) is 17.9. The van der Waals surface area contributed by atoms with Crippen LogP contribution in [0.3, 0.4) is 0 Å². The molecule has 18 heavy (non-hydrogen) atoms. The fraction of sp³-hybridized carbons (Fsp3) is 1.00. The van der Waals surface area contributed by atoms with Crippen LogP contribution in [0.15, 0.2) is 0 Å². The van der Waals surface area contributed by atoms with Crippen LogP contribution < -0.4 is 0 Å². The second kappa shape index (κ2) is 8.92. The number of aliphatic hydroxyl groups excluding tert-OH is 1. The van der Waals surface area contributed by atoms with Gasteiger partial charge >= 0.3 is 0 Å². The molecule has 0 rings (SSSR count). The van der Waals surface area contributed by atoms with Crippen LogP contribution in [0.4, 0.5) is 0 Å². The Morgan fingerprint density at radius 1 is 0.778 bits per heavy atom. The summed E-state index contributed by atoms with van der Waals surface area (Å²) in [5.41, 5.74) is 0.530. The van der Waals surface area contributed by atoms with E-state index in [1.165, 1.54) is 19.3 Å². The van der Waals surface area contributed by atoms with Crippen LogP contribution in [0.2, 0.25) is 0 Å². The summed E-state index contributed by atoms with van der Waals surface area (Å²) < 4.78 is 5.63. The molecule has 0 aliphatic rings. The van der Waals surface area contributed by atoms with Gasteiger partial charge in [0.25, 0.3) is 0 Å². The van der Waals surface area contributed by atoms with Crippen LogP contribution in [0.25, 0.3) is 0 Å². The van der Waals surface area contributed by atoms with Crippen molar-refractivity contribution in [3.8, 4) is 0 Å². The van der Waals surface area contributed by atoms with Crippen molar-refractivity contribution in [3.63, 3.8) is 0 Å². The lowest BCUT2D eigenvalue weighted by molar-refractivity contribution is 0.112. The fourth-order valence-corrected chi connectivity index (χ4v) is 1.85. The Labute approximate surface area is 114 Å². The van der Waals surface area contributed by atoms with Crippen molar-refractivity contribution in [2.45, 2.75) is 73.1 Å². The fourth-order valence-electron chi connectivity index (χ4n) is 1.85. The maximum absolute atomic E-state index is 9.13. The molecular formula is C16H34O2. The van der Waals surface area contributed by atoms with Crippen LogP contribution >= 0.6 is 0 Å². The summed E-state index contributed by atoms with van der Waals surface area (Å²) in [5, 5.41) is 9.13. The van der Waals surface area contributed by atoms with E-state index in [0.29, 0.717) is 5.41 Å². The second-order valence-electron chi connectivity index (χ2n) is 7.41. The van der Waals surface area contributed by atoms with Crippen LogP contribution in [0, 0.1) is 10.8 Å². The molecule has 0 spiro atoms. The van der Waals surface area contributed by atoms with Crippen molar-refractivity contribution < 1.29 is 9.84 Å². The Morgan fingerprint density at radius 2 is 1.28 bits per heavy atom. The third-order valence-electron chi connectivity index (χ3n) is 3.29. The van der Waals surface area contributed by atoms with Crippen molar-refractivity contribution in [3.05, 3.63) is 0 Å². The van der Waals surface area contributed by atoms with Crippen molar-refractivity contribution in [1.82, 2.24) is 0 Å². The predicted molar refractivity (Wildman–Crippen MR) is 78.8 cm³/mol. The highest BCUT2D eigenvalue weighted by molar-refractivity contribution is 4.66. The summed E-state index contributed by atoms with van der Waals surface area (Å²) in [6.45, 7) is 13.1. The minimum absolute atomic E-state index is 0.0761. The Kier molecular flexibility index (Phi) is 8.89. The Bertz CT molecular complexity index is 192. The summed E-state index contributed by atoms with van der Waals surface area (Å²) in [6.07, 6.45) is 7.07. The lowest BCUT2D eigenvalue weighted by Crippen LogP contribution is -2.16. The van der Waals surface area contributed by atoms with E-state index in [2.05, 4.69) is 34.6 Å². The van der Waals surface area contributed by atoms with E-state index < -0.39 is 0 Å². The molecular weight excluding hydrogens is 224 g/mol. The Hall–Kier alpha value is -0.0800. The van der Waals surface area contributed by atoms with Gasteiger partial charge < -0.3 is 9.84 Å². The van der Waals surface area contributed by atoms with E-state index in [4.69, 9.17) is 9.84 Å². The van der Waals surface area contributed by atoms with Gasteiger partial charge in [-0.2, -0.15) is 0 Å². The second-order valence-corrected chi connectivity index (χ2v) is 7.41. The van der Waals surface area contributed by atoms with Crippen molar-refractivity contribution >= 4 is 0 Å². The summed E-state index contributed by atoms with van der Waals surface area (Å²) in [6, 6.07) is 0. The van der Waals surface area contributed by atoms with Crippen molar-refractivity contribution in [2.24, 2.45) is 10.8 Å². The maximum atomic E-state index is 9.13. The van der Waals surface area contributed by atoms with Crippen LogP contribution in [-0.4, -0.2) is 24.9 Å². The molecule has 0 unspecified atom stereocenters. The number of aliphatic hydroxyl groups is 1. The van der Waals surface area contributed by atoms with E-state index in [0.717, 1.165) is 32.5 Å². The maximum Gasteiger partial charge on any atom is 0.0482 e. The quantitative estimate of drug-likeness (QED) is 0.588. The SMILES string of the molecule is CC(C)(C)CCCCOCCCCC(C)(C)CO. The zero-order valence-corrected chi connectivity index (χ0v) is 13.2. The largest absolute Gasteiger partial charge is 0.396 e. The summed E-state index contributed by atoms with van der Waals surface area (Å²) in [7, 11) is 0. The van der Waals surface area contributed by atoms with Gasteiger partial charge in [-0.3, -0.25) is 0 Å². The van der Waals surface area contributed by atoms with Crippen LogP contribution in [-0.2, 0) is 4.74 Å². The van der Waals surface area contributed by atoms with Gasteiger partial charge in [0.15, 0.2) is 0 Å². The Morgan fingerprint density at radius 3 is 1.72 bits per heavy atom. The van der Waals surface area contributed by atoms with Crippen molar-refractivity contribution in [2.75, 3.05) is 19.8 Å². The van der Waals surface area contributed by atoms with Gasteiger partial charge in [0.1, 0.15) is 0 Å². The molecule has 0 aromatic heterocycles. The molecule has 0 saturated heterocycles. The molecule has 110 valence electrons. The summed E-state index contributed by atoms with van der Waals surface area (Å²) >= 11 is 0. The van der Waals surface area contributed by atoms with Crippen LogP contribution in [0.5, 0.6) is 0 Å². The molecule has 0 fully saturated rings. The summed E-state index contributed by atoms with van der Waals surface area (Å²) in [4.78, 5) is 0. The smallest absolute Gasteiger partial charge is 0.0482 e. The van der Waals surface area contributed by atoms with E-state index in [1.54, 1.807) is 0 Å². The van der Waals surface area contributed by atoms with Gasteiger partial charge in [0.2, 0.25) is 0 Å². The van der Waals surface area contributed by atoms with Gasteiger partial charge in [-0.25, -0.2) is 0 Å². The van der Waals surface area contributed by atoms with E-state index in [1.807, 2.05) is 0 Å². The molecule has 2 heteroatoms. The first-order valence-corrected chi connectivity index (χ1v) is 7.45. The van der Waals surface area contributed by atoms with Gasteiger partial charge in [0.05, 0.1) is 0 Å². The van der Waals surface area contributed by atoms with Gasteiger partial charge in [-0.05, 0) is 36.5 Å². The molecule has 0 radical (unpaired) electrons. The number of unbranched alkanes of at least 4 members (excludes halogenated alkanes) is 2. The molecule has 0 saturated carbocycles. The lowest BCUT2D eigenvalue weighted by Gasteiger charge is -2.21. The van der Waals surface area contributed by atoms with E-state index in [9.17, 15) is 0 Å². The average molecular weight is 258 g/mol. The molecule has 0 aliphatic carbocycles. The highest BCUT2D eigenvalue weighted by Gasteiger charge is 2.15. The molecule has 0 amide bonds. The number of rotatable bonds is 10. The number of hydrogen-bond acceptors (Lipinski definition) is 2. The van der Waals surface area contributed by atoms with Gasteiger partial charge in [0, 0.05) is 19.8 Å². The van der Waals surface area contributed by atoms with Crippen LogP contribution in [0.1, 0.15) is 73.1 Å². The van der Waals surface area contributed by atoms with E-state index in [-0.39, 0.29) is 12.0 Å². The topological polar surface area (TPSA) is 29.5 Å². The molecule has 0 aromatic carbocycles. The zero-order chi connectivity index (χ0) is 14.1. The molecule has 0 aromatic rings. The predicted octanol–water partition coefficient (Wildman–Crippen LogP) is 4.41.